The number of benzene rings is 1. The zero-order chi connectivity index (χ0) is 13.0. The molecule has 18 heavy (non-hydrogen) atoms. The lowest BCUT2D eigenvalue weighted by Crippen LogP contribution is -2.23. The number of nitrogens with two attached hydrogens (primary N) is 1. The third-order valence-corrected chi connectivity index (χ3v) is 3.38. The number of nitrogens with one attached hydrogen (secondary N) is 1. The molecule has 0 atom stereocenters. The van der Waals surface area contributed by atoms with E-state index in [0.717, 1.165) is 4.88 Å². The van der Waals surface area contributed by atoms with Gasteiger partial charge in [0.1, 0.15) is 5.75 Å². The van der Waals surface area contributed by atoms with Gasteiger partial charge in [0.15, 0.2) is 0 Å². The molecule has 0 spiro atoms. The molecule has 0 saturated carbocycles. The van der Waals surface area contributed by atoms with Gasteiger partial charge in [0.05, 0.1) is 19.2 Å². The summed E-state index contributed by atoms with van der Waals surface area (Å²) < 4.78 is 5.04. The van der Waals surface area contributed by atoms with Gasteiger partial charge in [-0.3, -0.25) is 4.79 Å². The third kappa shape index (κ3) is 2.81. The van der Waals surface area contributed by atoms with Crippen molar-refractivity contribution in [2.24, 2.45) is 0 Å². The number of hydrogen-bond acceptors (Lipinski definition) is 4. The number of amides is 1. The van der Waals surface area contributed by atoms with Crippen LogP contribution in [0, 0.1) is 0 Å². The van der Waals surface area contributed by atoms with Crippen molar-refractivity contribution in [2.75, 3.05) is 12.8 Å². The summed E-state index contributed by atoms with van der Waals surface area (Å²) in [6.07, 6.45) is 0. The second kappa shape index (κ2) is 5.55. The number of nitrogen functional groups attached to an aromatic ring is 1. The van der Waals surface area contributed by atoms with E-state index in [1.807, 2.05) is 17.5 Å². The molecule has 0 unspecified atom stereocenters. The van der Waals surface area contributed by atoms with Crippen LogP contribution >= 0.6 is 11.3 Å². The van der Waals surface area contributed by atoms with Crippen LogP contribution in [-0.2, 0) is 6.54 Å². The van der Waals surface area contributed by atoms with Gasteiger partial charge in [0.25, 0.3) is 5.91 Å². The van der Waals surface area contributed by atoms with Crippen molar-refractivity contribution in [1.29, 1.82) is 0 Å². The number of carbonyl (C=O) groups is 1. The molecule has 94 valence electrons. The largest absolute Gasteiger partial charge is 0.497 e. The lowest BCUT2D eigenvalue weighted by molar-refractivity contribution is 0.0952. The zero-order valence-electron chi connectivity index (χ0n) is 9.97. The fraction of sp³-hybridized carbons (Fsp3) is 0.154. The minimum absolute atomic E-state index is 0.177. The quantitative estimate of drug-likeness (QED) is 0.831. The summed E-state index contributed by atoms with van der Waals surface area (Å²) in [7, 11) is 1.56. The van der Waals surface area contributed by atoms with Gasteiger partial charge in [-0.1, -0.05) is 6.07 Å². The van der Waals surface area contributed by atoms with Crippen LogP contribution in [0.5, 0.6) is 5.75 Å². The van der Waals surface area contributed by atoms with Crippen molar-refractivity contribution in [3.8, 4) is 5.75 Å². The van der Waals surface area contributed by atoms with Gasteiger partial charge in [-0.15, -0.1) is 11.3 Å². The first kappa shape index (κ1) is 12.4. The Hall–Kier alpha value is -2.01. The van der Waals surface area contributed by atoms with Gasteiger partial charge in [-0.05, 0) is 23.6 Å². The highest BCUT2D eigenvalue weighted by atomic mass is 32.1. The molecule has 2 aromatic rings. The topological polar surface area (TPSA) is 64.3 Å². The number of hydrogen-bond donors (Lipinski definition) is 2. The Morgan fingerprint density at radius 2 is 2.28 bits per heavy atom. The Morgan fingerprint density at radius 3 is 2.89 bits per heavy atom. The molecule has 0 radical (unpaired) electrons. The van der Waals surface area contributed by atoms with Crippen LogP contribution in [-0.4, -0.2) is 13.0 Å². The lowest BCUT2D eigenvalue weighted by atomic mass is 10.1. The minimum atomic E-state index is -0.177. The highest BCUT2D eigenvalue weighted by molar-refractivity contribution is 7.09. The summed E-state index contributed by atoms with van der Waals surface area (Å²) in [5.41, 5.74) is 6.69. The van der Waals surface area contributed by atoms with Crippen LogP contribution in [0.15, 0.2) is 35.7 Å². The molecule has 1 amide bonds. The van der Waals surface area contributed by atoms with E-state index in [4.69, 9.17) is 10.5 Å². The summed E-state index contributed by atoms with van der Waals surface area (Å²) in [5.74, 6) is 0.464. The van der Waals surface area contributed by atoms with Crippen LogP contribution < -0.4 is 15.8 Å². The number of rotatable bonds is 4. The van der Waals surface area contributed by atoms with Crippen LogP contribution in [0.25, 0.3) is 0 Å². The number of ether oxygens (including phenoxy) is 1. The SMILES string of the molecule is COc1ccc(C(=O)NCc2cccs2)c(N)c1. The first-order chi connectivity index (χ1) is 8.70. The third-order valence-electron chi connectivity index (χ3n) is 2.51. The molecule has 2 rings (SSSR count). The van der Waals surface area contributed by atoms with E-state index >= 15 is 0 Å². The monoisotopic (exact) mass is 262 g/mol. The Bertz CT molecular complexity index is 538. The van der Waals surface area contributed by atoms with E-state index in [1.165, 1.54) is 0 Å². The highest BCUT2D eigenvalue weighted by Gasteiger charge is 2.10. The van der Waals surface area contributed by atoms with Crippen molar-refractivity contribution in [3.05, 3.63) is 46.2 Å². The maximum Gasteiger partial charge on any atom is 0.253 e. The number of carbonyl (C=O) groups excluding carboxylic acids is 1. The molecule has 3 N–H and O–H groups in total. The first-order valence-electron chi connectivity index (χ1n) is 5.45. The highest BCUT2D eigenvalue weighted by Crippen LogP contribution is 2.19. The fourth-order valence-electron chi connectivity index (χ4n) is 1.55. The molecule has 1 aromatic carbocycles. The molecule has 0 aliphatic rings. The number of thiophene rings is 1. The Kier molecular flexibility index (Phi) is 3.84. The Morgan fingerprint density at radius 1 is 1.44 bits per heavy atom. The summed E-state index contributed by atoms with van der Waals surface area (Å²) in [6, 6.07) is 8.95. The van der Waals surface area contributed by atoms with E-state index in [9.17, 15) is 4.79 Å². The normalized spacial score (nSPS) is 10.1. The van der Waals surface area contributed by atoms with Gasteiger partial charge in [-0.25, -0.2) is 0 Å². The van der Waals surface area contributed by atoms with Gasteiger partial charge in [-0.2, -0.15) is 0 Å². The maximum absolute atomic E-state index is 11.9. The first-order valence-corrected chi connectivity index (χ1v) is 6.33. The van der Waals surface area contributed by atoms with Crippen molar-refractivity contribution in [3.63, 3.8) is 0 Å². The van der Waals surface area contributed by atoms with Crippen LogP contribution in [0.2, 0.25) is 0 Å². The van der Waals surface area contributed by atoms with Crippen molar-refractivity contribution in [2.45, 2.75) is 6.54 Å². The van der Waals surface area contributed by atoms with Gasteiger partial charge < -0.3 is 15.8 Å². The van der Waals surface area contributed by atoms with Crippen LogP contribution in [0.4, 0.5) is 5.69 Å². The standard InChI is InChI=1S/C13H14N2O2S/c1-17-9-4-5-11(12(14)7-9)13(16)15-8-10-3-2-6-18-10/h2-7H,8,14H2,1H3,(H,15,16). The van der Waals surface area contributed by atoms with Gasteiger partial charge in [0.2, 0.25) is 0 Å². The molecule has 0 aliphatic heterocycles. The zero-order valence-corrected chi connectivity index (χ0v) is 10.8. The molecular formula is C13H14N2O2S. The molecule has 0 bridgehead atoms. The predicted octanol–water partition coefficient (Wildman–Crippen LogP) is 2.27. The molecule has 0 aliphatic carbocycles. The molecule has 0 saturated heterocycles. The molecule has 1 aromatic heterocycles. The Balaban J connectivity index is 2.04. The maximum atomic E-state index is 11.9. The lowest BCUT2D eigenvalue weighted by Gasteiger charge is -2.08. The van der Waals surface area contributed by atoms with E-state index < -0.39 is 0 Å². The molecule has 4 nitrogen and oxygen atoms in total. The minimum Gasteiger partial charge on any atom is -0.497 e. The van der Waals surface area contributed by atoms with E-state index in [2.05, 4.69) is 5.32 Å². The number of methoxy groups -OCH3 is 1. The second-order valence-corrected chi connectivity index (χ2v) is 4.75. The van der Waals surface area contributed by atoms with Crippen LogP contribution in [0.3, 0.4) is 0 Å². The summed E-state index contributed by atoms with van der Waals surface area (Å²) in [6.45, 7) is 0.516. The summed E-state index contributed by atoms with van der Waals surface area (Å²) in [4.78, 5) is 13.0. The van der Waals surface area contributed by atoms with E-state index in [-0.39, 0.29) is 5.91 Å². The van der Waals surface area contributed by atoms with Crippen molar-refractivity contribution < 1.29 is 9.53 Å². The van der Waals surface area contributed by atoms with Gasteiger partial charge in [0, 0.05) is 16.6 Å². The predicted molar refractivity (Wildman–Crippen MR) is 72.9 cm³/mol. The smallest absolute Gasteiger partial charge is 0.253 e. The summed E-state index contributed by atoms with van der Waals surface area (Å²) >= 11 is 1.60. The van der Waals surface area contributed by atoms with Crippen molar-refractivity contribution >= 4 is 22.9 Å². The molecule has 1 heterocycles. The van der Waals surface area contributed by atoms with E-state index in [0.29, 0.717) is 23.5 Å². The molecule has 5 heteroatoms. The molecule has 0 fully saturated rings. The average molecular weight is 262 g/mol. The van der Waals surface area contributed by atoms with E-state index in [1.54, 1.807) is 36.6 Å². The molecular weight excluding hydrogens is 248 g/mol. The fourth-order valence-corrected chi connectivity index (χ4v) is 2.19. The average Bonchev–Trinajstić information content (AvgIpc) is 2.88. The van der Waals surface area contributed by atoms with Crippen LogP contribution in [0.1, 0.15) is 15.2 Å². The van der Waals surface area contributed by atoms with Crippen molar-refractivity contribution in [1.82, 2.24) is 5.32 Å². The number of anilines is 1. The Labute approximate surface area is 109 Å². The summed E-state index contributed by atoms with van der Waals surface area (Å²) in [5, 5.41) is 4.81. The second-order valence-electron chi connectivity index (χ2n) is 3.72. The van der Waals surface area contributed by atoms with Gasteiger partial charge >= 0.3 is 0 Å².